The van der Waals surface area contributed by atoms with Crippen LogP contribution in [0.5, 0.6) is 0 Å². The predicted octanol–water partition coefficient (Wildman–Crippen LogP) is 1.99. The van der Waals surface area contributed by atoms with E-state index < -0.39 is 23.1 Å². The maximum absolute atomic E-state index is 14.0. The summed E-state index contributed by atoms with van der Waals surface area (Å²) in [5.41, 5.74) is -1.45. The first-order chi connectivity index (χ1) is 9.93. The third kappa shape index (κ3) is 2.28. The number of halogens is 2. The zero-order chi connectivity index (χ0) is 15.2. The summed E-state index contributed by atoms with van der Waals surface area (Å²) < 4.78 is 27.9. The number of para-hydroxylation sites is 1. The molecule has 1 saturated heterocycles. The van der Waals surface area contributed by atoms with Gasteiger partial charge in [0, 0.05) is 13.0 Å². The SMILES string of the molecule is CC1(C2CC2)NC(=O)CCN(c2c(F)cccc2F)C1=O. The average Bonchev–Trinajstić information content (AvgIpc) is 3.25. The number of carbonyl (C=O) groups excluding carboxylic acids is 2. The lowest BCUT2D eigenvalue weighted by atomic mass is 9.94. The molecule has 2 aliphatic rings. The molecule has 0 aromatic heterocycles. The number of nitrogens with one attached hydrogen (secondary N) is 1. The van der Waals surface area contributed by atoms with Crippen LogP contribution in [0.4, 0.5) is 14.5 Å². The highest BCUT2D eigenvalue weighted by molar-refractivity contribution is 6.04. The average molecular weight is 294 g/mol. The van der Waals surface area contributed by atoms with E-state index in [-0.39, 0.29) is 30.5 Å². The van der Waals surface area contributed by atoms with Gasteiger partial charge in [-0.3, -0.25) is 9.59 Å². The monoisotopic (exact) mass is 294 g/mol. The van der Waals surface area contributed by atoms with Crippen molar-refractivity contribution >= 4 is 17.5 Å². The summed E-state index contributed by atoms with van der Waals surface area (Å²) >= 11 is 0. The van der Waals surface area contributed by atoms with Crippen molar-refractivity contribution in [3.05, 3.63) is 29.8 Å². The van der Waals surface area contributed by atoms with E-state index >= 15 is 0 Å². The summed E-state index contributed by atoms with van der Waals surface area (Å²) in [6, 6.07) is 3.47. The molecule has 0 bridgehead atoms. The Morgan fingerprint density at radius 3 is 2.43 bits per heavy atom. The van der Waals surface area contributed by atoms with Crippen molar-refractivity contribution in [2.24, 2.45) is 5.92 Å². The predicted molar refractivity (Wildman–Crippen MR) is 72.6 cm³/mol. The van der Waals surface area contributed by atoms with Crippen LogP contribution < -0.4 is 10.2 Å². The van der Waals surface area contributed by atoms with Crippen LogP contribution in [0, 0.1) is 17.6 Å². The fraction of sp³-hybridized carbons (Fsp3) is 0.467. The number of carbonyl (C=O) groups is 2. The molecule has 1 unspecified atom stereocenters. The molecule has 2 fully saturated rings. The fourth-order valence-corrected chi connectivity index (χ4v) is 2.90. The molecule has 1 aromatic carbocycles. The minimum Gasteiger partial charge on any atom is -0.342 e. The number of hydrogen-bond acceptors (Lipinski definition) is 2. The largest absolute Gasteiger partial charge is 0.342 e. The molecule has 6 heteroatoms. The van der Waals surface area contributed by atoms with E-state index in [1.807, 2.05) is 0 Å². The molecule has 0 radical (unpaired) electrons. The molecule has 1 aliphatic carbocycles. The lowest BCUT2D eigenvalue weighted by Gasteiger charge is -2.32. The molecule has 1 N–H and O–H groups in total. The third-order valence-corrected chi connectivity index (χ3v) is 4.25. The minimum absolute atomic E-state index is 0.0230. The smallest absolute Gasteiger partial charge is 0.252 e. The highest BCUT2D eigenvalue weighted by Crippen LogP contribution is 2.42. The van der Waals surface area contributed by atoms with Crippen LogP contribution in [-0.4, -0.2) is 23.9 Å². The second-order valence-corrected chi connectivity index (χ2v) is 5.80. The van der Waals surface area contributed by atoms with Gasteiger partial charge in [-0.1, -0.05) is 6.07 Å². The minimum atomic E-state index is -1.08. The quantitative estimate of drug-likeness (QED) is 0.907. The summed E-state index contributed by atoms with van der Waals surface area (Å²) in [6.07, 6.45) is 1.69. The van der Waals surface area contributed by atoms with Gasteiger partial charge in [0.2, 0.25) is 5.91 Å². The van der Waals surface area contributed by atoms with Crippen molar-refractivity contribution in [3.63, 3.8) is 0 Å². The number of nitrogens with zero attached hydrogens (tertiary/aromatic N) is 1. The van der Waals surface area contributed by atoms with E-state index in [2.05, 4.69) is 5.32 Å². The van der Waals surface area contributed by atoms with E-state index in [9.17, 15) is 18.4 Å². The normalized spacial score (nSPS) is 26.5. The Balaban J connectivity index is 2.05. The van der Waals surface area contributed by atoms with Gasteiger partial charge in [0.1, 0.15) is 22.9 Å². The van der Waals surface area contributed by atoms with Gasteiger partial charge < -0.3 is 10.2 Å². The highest BCUT2D eigenvalue weighted by Gasteiger charge is 2.51. The van der Waals surface area contributed by atoms with E-state index in [1.54, 1.807) is 6.92 Å². The lowest BCUT2D eigenvalue weighted by Crippen LogP contribution is -2.57. The summed E-state index contributed by atoms with van der Waals surface area (Å²) in [4.78, 5) is 25.7. The van der Waals surface area contributed by atoms with Crippen LogP contribution in [0.1, 0.15) is 26.2 Å². The summed E-state index contributed by atoms with van der Waals surface area (Å²) in [6.45, 7) is 1.62. The molecule has 1 atom stereocenters. The molecular formula is C15H16F2N2O2. The fourth-order valence-electron chi connectivity index (χ4n) is 2.90. The summed E-state index contributed by atoms with van der Waals surface area (Å²) in [5.74, 6) is -2.27. The first kappa shape index (κ1) is 14.0. The van der Waals surface area contributed by atoms with Gasteiger partial charge in [-0.25, -0.2) is 8.78 Å². The standard InChI is InChI=1S/C15H16F2N2O2/c1-15(9-5-6-9)14(21)19(8-7-12(20)18-15)13-10(16)3-2-4-11(13)17/h2-4,9H,5-8H2,1H3,(H,18,20). The second-order valence-electron chi connectivity index (χ2n) is 5.80. The Labute approximate surface area is 121 Å². The van der Waals surface area contributed by atoms with Gasteiger partial charge in [-0.15, -0.1) is 0 Å². The van der Waals surface area contributed by atoms with Crippen LogP contribution >= 0.6 is 0 Å². The van der Waals surface area contributed by atoms with Gasteiger partial charge >= 0.3 is 0 Å². The van der Waals surface area contributed by atoms with Crippen LogP contribution in [0.15, 0.2) is 18.2 Å². The Hall–Kier alpha value is -1.98. The number of amides is 2. The van der Waals surface area contributed by atoms with Crippen LogP contribution in [0.25, 0.3) is 0 Å². The summed E-state index contributed by atoms with van der Waals surface area (Å²) in [7, 11) is 0. The van der Waals surface area contributed by atoms with Crippen molar-refractivity contribution in [2.75, 3.05) is 11.4 Å². The van der Waals surface area contributed by atoms with E-state index in [1.165, 1.54) is 6.07 Å². The number of anilines is 1. The maximum atomic E-state index is 14.0. The lowest BCUT2D eigenvalue weighted by molar-refractivity contribution is -0.130. The Morgan fingerprint density at radius 1 is 1.24 bits per heavy atom. The van der Waals surface area contributed by atoms with E-state index in [0.717, 1.165) is 29.9 Å². The first-order valence-corrected chi connectivity index (χ1v) is 7.00. The van der Waals surface area contributed by atoms with Gasteiger partial charge in [0.25, 0.3) is 5.91 Å². The second kappa shape index (κ2) is 4.79. The highest BCUT2D eigenvalue weighted by atomic mass is 19.1. The molecule has 1 saturated carbocycles. The molecule has 112 valence electrons. The molecule has 4 nitrogen and oxygen atoms in total. The molecule has 1 aromatic rings. The zero-order valence-electron chi connectivity index (χ0n) is 11.7. The van der Waals surface area contributed by atoms with Gasteiger partial charge in [-0.05, 0) is 37.8 Å². The molecule has 0 spiro atoms. The van der Waals surface area contributed by atoms with Gasteiger partial charge in [-0.2, -0.15) is 0 Å². The van der Waals surface area contributed by atoms with Crippen molar-refractivity contribution in [1.29, 1.82) is 0 Å². The maximum Gasteiger partial charge on any atom is 0.252 e. The van der Waals surface area contributed by atoms with Crippen molar-refractivity contribution < 1.29 is 18.4 Å². The molecular weight excluding hydrogens is 278 g/mol. The number of benzene rings is 1. The molecule has 1 heterocycles. The van der Waals surface area contributed by atoms with Crippen LogP contribution in [0.3, 0.4) is 0 Å². The van der Waals surface area contributed by atoms with Crippen molar-refractivity contribution in [3.8, 4) is 0 Å². The first-order valence-electron chi connectivity index (χ1n) is 7.00. The van der Waals surface area contributed by atoms with Crippen molar-refractivity contribution in [2.45, 2.75) is 31.7 Å². The van der Waals surface area contributed by atoms with Crippen molar-refractivity contribution in [1.82, 2.24) is 5.32 Å². The zero-order valence-corrected chi connectivity index (χ0v) is 11.7. The van der Waals surface area contributed by atoms with Gasteiger partial charge in [0.05, 0.1) is 0 Å². The van der Waals surface area contributed by atoms with Crippen LogP contribution in [-0.2, 0) is 9.59 Å². The Morgan fingerprint density at radius 2 is 1.86 bits per heavy atom. The van der Waals surface area contributed by atoms with Gasteiger partial charge in [0.15, 0.2) is 0 Å². The molecule has 21 heavy (non-hydrogen) atoms. The number of hydrogen-bond donors (Lipinski definition) is 1. The number of rotatable bonds is 2. The Bertz CT molecular complexity index is 595. The molecule has 3 rings (SSSR count). The van der Waals surface area contributed by atoms with Crippen LogP contribution in [0.2, 0.25) is 0 Å². The third-order valence-electron chi connectivity index (χ3n) is 4.25. The topological polar surface area (TPSA) is 49.4 Å². The van der Waals surface area contributed by atoms with E-state index in [4.69, 9.17) is 0 Å². The molecule has 1 aliphatic heterocycles. The van der Waals surface area contributed by atoms with E-state index in [0.29, 0.717) is 0 Å². The Kier molecular flexibility index (Phi) is 3.19. The molecule has 2 amide bonds. The summed E-state index contributed by atoms with van der Waals surface area (Å²) in [5, 5.41) is 2.73.